The molecule has 1 aromatic heterocycles. The number of aromatic nitrogens is 1. The van der Waals surface area contributed by atoms with Gasteiger partial charge in [-0.25, -0.2) is 4.39 Å². The Morgan fingerprint density at radius 2 is 1.95 bits per heavy atom. The standard InChI is InChI=1S/C17H14BrFN2O/c18-13-3-1-11(2-4-13)9-21-17(22)7-12-10-20-16-6-5-14(19)8-15(12)16/h1-6,8,10,20H,7,9H2,(H,21,22). The molecule has 112 valence electrons. The quantitative estimate of drug-likeness (QED) is 0.727. The summed E-state index contributed by atoms with van der Waals surface area (Å²) in [7, 11) is 0. The zero-order valence-electron chi connectivity index (χ0n) is 11.7. The van der Waals surface area contributed by atoms with Gasteiger partial charge < -0.3 is 10.3 Å². The van der Waals surface area contributed by atoms with Crippen molar-refractivity contribution in [1.82, 2.24) is 10.3 Å². The number of amides is 1. The second-order valence-electron chi connectivity index (χ2n) is 5.08. The third kappa shape index (κ3) is 3.36. The Kier molecular flexibility index (Phi) is 4.24. The van der Waals surface area contributed by atoms with E-state index in [1.54, 1.807) is 12.3 Å². The third-order valence-electron chi connectivity index (χ3n) is 3.48. The van der Waals surface area contributed by atoms with Crippen LogP contribution in [0.2, 0.25) is 0 Å². The highest BCUT2D eigenvalue weighted by atomic mass is 79.9. The van der Waals surface area contributed by atoms with Crippen LogP contribution in [0.4, 0.5) is 4.39 Å². The molecule has 22 heavy (non-hydrogen) atoms. The summed E-state index contributed by atoms with van der Waals surface area (Å²) in [6.45, 7) is 0.475. The van der Waals surface area contributed by atoms with E-state index in [1.807, 2.05) is 24.3 Å². The van der Waals surface area contributed by atoms with E-state index in [0.29, 0.717) is 6.54 Å². The van der Waals surface area contributed by atoms with Crippen molar-refractivity contribution in [2.75, 3.05) is 0 Å². The highest BCUT2D eigenvalue weighted by Crippen LogP contribution is 2.19. The SMILES string of the molecule is O=C(Cc1c[nH]c2ccc(F)cc12)NCc1ccc(Br)cc1. The predicted octanol–water partition coefficient (Wildman–Crippen LogP) is 3.93. The van der Waals surface area contributed by atoms with Gasteiger partial charge in [0.2, 0.25) is 5.91 Å². The van der Waals surface area contributed by atoms with E-state index in [9.17, 15) is 9.18 Å². The Balaban J connectivity index is 1.65. The molecule has 0 bridgehead atoms. The summed E-state index contributed by atoms with van der Waals surface area (Å²) in [5.41, 5.74) is 2.65. The van der Waals surface area contributed by atoms with E-state index in [2.05, 4.69) is 26.2 Å². The van der Waals surface area contributed by atoms with Crippen molar-refractivity contribution in [2.45, 2.75) is 13.0 Å². The Morgan fingerprint density at radius 1 is 1.18 bits per heavy atom. The molecular weight excluding hydrogens is 347 g/mol. The fourth-order valence-corrected chi connectivity index (χ4v) is 2.60. The highest BCUT2D eigenvalue weighted by molar-refractivity contribution is 9.10. The number of H-pyrrole nitrogens is 1. The predicted molar refractivity (Wildman–Crippen MR) is 87.9 cm³/mol. The van der Waals surface area contributed by atoms with E-state index in [0.717, 1.165) is 26.5 Å². The van der Waals surface area contributed by atoms with Gasteiger partial charge in [-0.15, -0.1) is 0 Å². The van der Waals surface area contributed by atoms with Crippen molar-refractivity contribution in [3.05, 3.63) is 70.1 Å². The normalized spacial score (nSPS) is 10.8. The van der Waals surface area contributed by atoms with Gasteiger partial charge in [0.05, 0.1) is 6.42 Å². The van der Waals surface area contributed by atoms with Crippen LogP contribution in [-0.4, -0.2) is 10.9 Å². The summed E-state index contributed by atoms with van der Waals surface area (Å²) in [5.74, 6) is -0.392. The molecule has 0 saturated carbocycles. The van der Waals surface area contributed by atoms with Gasteiger partial charge in [0, 0.05) is 28.1 Å². The summed E-state index contributed by atoms with van der Waals surface area (Å²) in [5, 5.41) is 3.62. The molecule has 0 radical (unpaired) electrons. The molecule has 0 unspecified atom stereocenters. The van der Waals surface area contributed by atoms with Gasteiger partial charge in [-0.05, 0) is 41.5 Å². The van der Waals surface area contributed by atoms with Crippen LogP contribution in [0.25, 0.3) is 10.9 Å². The van der Waals surface area contributed by atoms with Crippen molar-refractivity contribution >= 4 is 32.7 Å². The van der Waals surface area contributed by atoms with Crippen LogP contribution in [0.3, 0.4) is 0 Å². The lowest BCUT2D eigenvalue weighted by atomic mass is 10.1. The molecule has 0 aliphatic rings. The molecule has 3 aromatic rings. The molecule has 1 amide bonds. The lowest BCUT2D eigenvalue weighted by Gasteiger charge is -2.05. The number of carbonyl (C=O) groups excluding carboxylic acids is 1. The zero-order valence-corrected chi connectivity index (χ0v) is 13.3. The second kappa shape index (κ2) is 6.32. The van der Waals surface area contributed by atoms with Crippen molar-refractivity contribution in [3.63, 3.8) is 0 Å². The maximum absolute atomic E-state index is 13.3. The number of fused-ring (bicyclic) bond motifs is 1. The molecule has 5 heteroatoms. The van der Waals surface area contributed by atoms with Crippen molar-refractivity contribution < 1.29 is 9.18 Å². The molecule has 0 fully saturated rings. The van der Waals surface area contributed by atoms with Gasteiger partial charge in [-0.2, -0.15) is 0 Å². The fraction of sp³-hybridized carbons (Fsp3) is 0.118. The summed E-state index contributed by atoms with van der Waals surface area (Å²) in [6.07, 6.45) is 1.98. The highest BCUT2D eigenvalue weighted by Gasteiger charge is 2.09. The Morgan fingerprint density at radius 3 is 2.73 bits per heavy atom. The fourth-order valence-electron chi connectivity index (χ4n) is 2.34. The third-order valence-corrected chi connectivity index (χ3v) is 4.01. The maximum Gasteiger partial charge on any atom is 0.224 e. The first-order valence-electron chi connectivity index (χ1n) is 6.88. The van der Waals surface area contributed by atoms with Crippen molar-refractivity contribution in [1.29, 1.82) is 0 Å². The van der Waals surface area contributed by atoms with E-state index in [1.165, 1.54) is 12.1 Å². The number of aromatic amines is 1. The molecule has 0 spiro atoms. The molecule has 2 N–H and O–H groups in total. The lowest BCUT2D eigenvalue weighted by molar-refractivity contribution is -0.120. The van der Waals surface area contributed by atoms with Gasteiger partial charge in [0.25, 0.3) is 0 Å². The van der Waals surface area contributed by atoms with E-state index < -0.39 is 0 Å². The first-order chi connectivity index (χ1) is 10.6. The number of halogens is 2. The van der Waals surface area contributed by atoms with E-state index in [4.69, 9.17) is 0 Å². The number of nitrogens with one attached hydrogen (secondary N) is 2. The van der Waals surface area contributed by atoms with Crippen molar-refractivity contribution in [2.24, 2.45) is 0 Å². The molecule has 1 heterocycles. The Labute approximate surface area is 135 Å². The molecular formula is C17H14BrFN2O. The molecule has 0 aliphatic carbocycles. The monoisotopic (exact) mass is 360 g/mol. The average molecular weight is 361 g/mol. The van der Waals surface area contributed by atoms with Gasteiger partial charge in [-0.1, -0.05) is 28.1 Å². The Hall–Kier alpha value is -2.14. The van der Waals surface area contributed by atoms with E-state index >= 15 is 0 Å². The average Bonchev–Trinajstić information content (AvgIpc) is 2.89. The van der Waals surface area contributed by atoms with Crippen LogP contribution >= 0.6 is 15.9 Å². The molecule has 0 atom stereocenters. The van der Waals surface area contributed by atoms with Gasteiger partial charge in [0.1, 0.15) is 5.82 Å². The van der Waals surface area contributed by atoms with Crippen LogP contribution < -0.4 is 5.32 Å². The molecule has 3 rings (SSSR count). The van der Waals surface area contributed by atoms with Gasteiger partial charge in [-0.3, -0.25) is 4.79 Å². The van der Waals surface area contributed by atoms with Crippen LogP contribution in [0.1, 0.15) is 11.1 Å². The van der Waals surface area contributed by atoms with Crippen LogP contribution in [0, 0.1) is 5.82 Å². The number of hydrogen-bond donors (Lipinski definition) is 2. The minimum atomic E-state index is -0.302. The minimum absolute atomic E-state index is 0.0897. The van der Waals surface area contributed by atoms with Crippen molar-refractivity contribution in [3.8, 4) is 0 Å². The number of benzene rings is 2. The topological polar surface area (TPSA) is 44.9 Å². The first kappa shape index (κ1) is 14.8. The summed E-state index contributed by atoms with van der Waals surface area (Å²) >= 11 is 3.37. The van der Waals surface area contributed by atoms with Gasteiger partial charge >= 0.3 is 0 Å². The summed E-state index contributed by atoms with van der Waals surface area (Å²) in [4.78, 5) is 15.1. The lowest BCUT2D eigenvalue weighted by Crippen LogP contribution is -2.24. The van der Waals surface area contributed by atoms with E-state index in [-0.39, 0.29) is 18.1 Å². The second-order valence-corrected chi connectivity index (χ2v) is 6.00. The minimum Gasteiger partial charge on any atom is -0.361 e. The molecule has 0 saturated heterocycles. The molecule has 2 aromatic carbocycles. The first-order valence-corrected chi connectivity index (χ1v) is 7.68. The zero-order chi connectivity index (χ0) is 15.5. The Bertz CT molecular complexity index is 811. The summed E-state index contributed by atoms with van der Waals surface area (Å²) in [6, 6.07) is 12.3. The van der Waals surface area contributed by atoms with Crippen LogP contribution in [-0.2, 0) is 17.8 Å². The number of rotatable bonds is 4. The smallest absolute Gasteiger partial charge is 0.224 e. The van der Waals surface area contributed by atoms with Crippen LogP contribution in [0.15, 0.2) is 53.1 Å². The van der Waals surface area contributed by atoms with Gasteiger partial charge in [0.15, 0.2) is 0 Å². The molecule has 3 nitrogen and oxygen atoms in total. The summed E-state index contributed by atoms with van der Waals surface area (Å²) < 4.78 is 14.3. The molecule has 0 aliphatic heterocycles. The van der Waals surface area contributed by atoms with Crippen LogP contribution in [0.5, 0.6) is 0 Å². The number of carbonyl (C=O) groups is 1. The maximum atomic E-state index is 13.3. The largest absolute Gasteiger partial charge is 0.361 e. The number of hydrogen-bond acceptors (Lipinski definition) is 1.